The van der Waals surface area contributed by atoms with E-state index in [4.69, 9.17) is 10.5 Å². The number of thiol groups is 1. The van der Waals surface area contributed by atoms with Crippen LogP contribution < -0.4 is 10.5 Å². The van der Waals surface area contributed by atoms with Gasteiger partial charge in [0.25, 0.3) is 0 Å². The number of pyridine rings is 1. The van der Waals surface area contributed by atoms with E-state index in [0.717, 1.165) is 22.0 Å². The lowest BCUT2D eigenvalue weighted by Gasteiger charge is -2.13. The van der Waals surface area contributed by atoms with Crippen molar-refractivity contribution in [2.75, 3.05) is 0 Å². The molecule has 7 heteroatoms. The maximum absolute atomic E-state index is 11.7. The standard InChI is InChI=1S/C23H18N2O4S/c24-23(26)19-5-2-1-4-16(19)14-29-22-13-17(12-21-20(22)6-3-11-25-21)15-7-9-18(10-8-15)30(27)28/h1-13,30H,14H2,(H2,24,26). The summed E-state index contributed by atoms with van der Waals surface area (Å²) in [6.45, 7) is 0.169. The quantitative estimate of drug-likeness (QED) is 0.467. The summed E-state index contributed by atoms with van der Waals surface area (Å²) in [5.74, 6) is 0.0973. The lowest BCUT2D eigenvalue weighted by Crippen LogP contribution is -2.14. The maximum Gasteiger partial charge on any atom is 0.249 e. The summed E-state index contributed by atoms with van der Waals surface area (Å²) in [6, 6.07) is 21.2. The van der Waals surface area contributed by atoms with Crippen LogP contribution in [-0.2, 0) is 17.3 Å². The molecule has 0 spiro atoms. The zero-order valence-corrected chi connectivity index (χ0v) is 16.7. The lowest BCUT2D eigenvalue weighted by atomic mass is 10.0. The minimum absolute atomic E-state index is 0.169. The zero-order chi connectivity index (χ0) is 21.1. The van der Waals surface area contributed by atoms with Crippen LogP contribution in [0.15, 0.2) is 83.9 Å². The number of primary amides is 1. The molecule has 0 saturated heterocycles. The van der Waals surface area contributed by atoms with Gasteiger partial charge in [0, 0.05) is 22.7 Å². The molecule has 4 rings (SSSR count). The number of ether oxygens (including phenoxy) is 1. The van der Waals surface area contributed by atoms with Gasteiger partial charge < -0.3 is 10.5 Å². The van der Waals surface area contributed by atoms with E-state index in [2.05, 4.69) is 4.98 Å². The molecule has 150 valence electrons. The van der Waals surface area contributed by atoms with Gasteiger partial charge in [0.15, 0.2) is 10.7 Å². The number of nitrogens with zero attached hydrogens (tertiary/aromatic N) is 1. The highest BCUT2D eigenvalue weighted by molar-refractivity contribution is 7.72. The highest BCUT2D eigenvalue weighted by atomic mass is 32.2. The Hall–Kier alpha value is -3.71. The van der Waals surface area contributed by atoms with E-state index in [1.807, 2.05) is 30.3 Å². The van der Waals surface area contributed by atoms with E-state index in [1.54, 1.807) is 48.7 Å². The van der Waals surface area contributed by atoms with Gasteiger partial charge in [0.2, 0.25) is 5.91 Å². The van der Waals surface area contributed by atoms with Gasteiger partial charge in [0.1, 0.15) is 12.4 Å². The Morgan fingerprint density at radius 1 is 0.933 bits per heavy atom. The summed E-state index contributed by atoms with van der Waals surface area (Å²) in [5, 5.41) is 0.831. The second-order valence-electron chi connectivity index (χ2n) is 6.66. The molecule has 3 aromatic carbocycles. The van der Waals surface area contributed by atoms with E-state index >= 15 is 0 Å². The van der Waals surface area contributed by atoms with Gasteiger partial charge in [-0.2, -0.15) is 0 Å². The molecule has 6 nitrogen and oxygen atoms in total. The van der Waals surface area contributed by atoms with Gasteiger partial charge in [-0.3, -0.25) is 9.78 Å². The van der Waals surface area contributed by atoms with E-state index < -0.39 is 16.6 Å². The number of carbonyl (C=O) groups excluding carboxylic acids is 1. The Balaban J connectivity index is 1.73. The van der Waals surface area contributed by atoms with Crippen molar-refractivity contribution in [2.45, 2.75) is 11.5 Å². The summed E-state index contributed by atoms with van der Waals surface area (Å²) < 4.78 is 28.4. The number of nitrogens with two attached hydrogens (primary N) is 1. The van der Waals surface area contributed by atoms with E-state index in [-0.39, 0.29) is 11.5 Å². The molecule has 0 bridgehead atoms. The topological polar surface area (TPSA) is 99.4 Å². The molecule has 2 N–H and O–H groups in total. The van der Waals surface area contributed by atoms with E-state index in [0.29, 0.717) is 16.9 Å². The molecule has 0 fully saturated rings. The van der Waals surface area contributed by atoms with Gasteiger partial charge in [-0.25, -0.2) is 8.42 Å². The minimum Gasteiger partial charge on any atom is -0.488 e. The molecule has 0 aliphatic heterocycles. The highest BCUT2D eigenvalue weighted by Crippen LogP contribution is 2.32. The highest BCUT2D eigenvalue weighted by Gasteiger charge is 2.11. The van der Waals surface area contributed by atoms with Crippen molar-refractivity contribution in [1.29, 1.82) is 0 Å². The van der Waals surface area contributed by atoms with Crippen LogP contribution in [0.5, 0.6) is 5.75 Å². The van der Waals surface area contributed by atoms with Crippen LogP contribution in [-0.4, -0.2) is 19.3 Å². The molecule has 1 aromatic heterocycles. The number of aromatic nitrogens is 1. The monoisotopic (exact) mass is 418 g/mol. The Kier molecular flexibility index (Phi) is 5.45. The number of amides is 1. The van der Waals surface area contributed by atoms with Crippen molar-refractivity contribution < 1.29 is 17.9 Å². The van der Waals surface area contributed by atoms with Crippen LogP contribution in [0.25, 0.3) is 22.0 Å². The largest absolute Gasteiger partial charge is 0.488 e. The summed E-state index contributed by atoms with van der Waals surface area (Å²) in [7, 11) is -2.63. The first kappa shape index (κ1) is 19.6. The van der Waals surface area contributed by atoms with Crippen LogP contribution >= 0.6 is 0 Å². The van der Waals surface area contributed by atoms with Gasteiger partial charge >= 0.3 is 0 Å². The van der Waals surface area contributed by atoms with E-state index in [9.17, 15) is 13.2 Å². The molecule has 0 unspecified atom stereocenters. The first-order chi connectivity index (χ1) is 14.5. The fourth-order valence-electron chi connectivity index (χ4n) is 3.25. The zero-order valence-electron chi connectivity index (χ0n) is 15.8. The number of fused-ring (bicyclic) bond motifs is 1. The molecule has 30 heavy (non-hydrogen) atoms. The average molecular weight is 418 g/mol. The summed E-state index contributed by atoms with van der Waals surface area (Å²) in [5.41, 5.74) is 8.99. The van der Waals surface area contributed by atoms with Crippen LogP contribution in [0.4, 0.5) is 0 Å². The summed E-state index contributed by atoms with van der Waals surface area (Å²) >= 11 is 0. The fraction of sp³-hybridized carbons (Fsp3) is 0.0435. The first-order valence-electron chi connectivity index (χ1n) is 9.17. The summed E-state index contributed by atoms with van der Waals surface area (Å²) in [4.78, 5) is 16.4. The Morgan fingerprint density at radius 2 is 1.70 bits per heavy atom. The lowest BCUT2D eigenvalue weighted by molar-refractivity contribution is 0.0998. The van der Waals surface area contributed by atoms with Gasteiger partial charge in [-0.1, -0.05) is 30.3 Å². The molecule has 0 radical (unpaired) electrons. The maximum atomic E-state index is 11.7. The first-order valence-corrected chi connectivity index (χ1v) is 10.3. The third-order valence-corrected chi connectivity index (χ3v) is 5.48. The number of benzene rings is 3. The second kappa shape index (κ2) is 8.34. The molecule has 0 saturated carbocycles. The number of hydrogen-bond acceptors (Lipinski definition) is 5. The fourth-order valence-corrected chi connectivity index (χ4v) is 3.65. The SMILES string of the molecule is NC(=O)c1ccccc1COc1cc(-c2ccc([SH](=O)=O)cc2)cc2ncccc12. The molecule has 0 aliphatic rings. The molecule has 1 amide bonds. The van der Waals surface area contributed by atoms with E-state index in [1.165, 1.54) is 0 Å². The average Bonchev–Trinajstić information content (AvgIpc) is 2.77. The normalized spacial score (nSPS) is 11.0. The molecular formula is C23H18N2O4S. The smallest absolute Gasteiger partial charge is 0.249 e. The molecule has 1 heterocycles. The number of hydrogen-bond donors (Lipinski definition) is 2. The second-order valence-corrected chi connectivity index (χ2v) is 7.69. The van der Waals surface area contributed by atoms with Crippen molar-refractivity contribution in [1.82, 2.24) is 4.98 Å². The van der Waals surface area contributed by atoms with Crippen molar-refractivity contribution in [3.05, 3.63) is 90.1 Å². The predicted molar refractivity (Wildman–Crippen MR) is 115 cm³/mol. The van der Waals surface area contributed by atoms with Gasteiger partial charge in [-0.15, -0.1) is 0 Å². The van der Waals surface area contributed by atoms with Gasteiger partial charge in [0.05, 0.1) is 10.4 Å². The predicted octanol–water partition coefficient (Wildman–Crippen LogP) is 3.55. The minimum atomic E-state index is -2.63. The Morgan fingerprint density at radius 3 is 2.43 bits per heavy atom. The third kappa shape index (κ3) is 4.01. The molecule has 0 atom stereocenters. The van der Waals surface area contributed by atoms with Crippen molar-refractivity contribution in [3.63, 3.8) is 0 Å². The molecular weight excluding hydrogens is 400 g/mol. The van der Waals surface area contributed by atoms with Crippen molar-refractivity contribution >= 4 is 27.5 Å². The van der Waals surface area contributed by atoms with Crippen LogP contribution in [0, 0.1) is 0 Å². The van der Waals surface area contributed by atoms with Crippen LogP contribution in [0.1, 0.15) is 15.9 Å². The Bertz CT molecular complexity index is 1310. The van der Waals surface area contributed by atoms with Crippen LogP contribution in [0.2, 0.25) is 0 Å². The van der Waals surface area contributed by atoms with Crippen molar-refractivity contribution in [3.8, 4) is 16.9 Å². The molecule has 0 aliphatic carbocycles. The molecule has 4 aromatic rings. The van der Waals surface area contributed by atoms with Crippen molar-refractivity contribution in [2.24, 2.45) is 5.73 Å². The van der Waals surface area contributed by atoms with Gasteiger partial charge in [-0.05, 0) is 53.6 Å². The Labute approximate surface area is 174 Å². The summed E-state index contributed by atoms with van der Waals surface area (Å²) in [6.07, 6.45) is 1.70. The third-order valence-electron chi connectivity index (χ3n) is 4.76. The van der Waals surface area contributed by atoms with Crippen LogP contribution in [0.3, 0.4) is 0 Å². The number of rotatable bonds is 6. The number of carbonyl (C=O) groups is 1.